The maximum Gasteiger partial charge on any atom is 0.307 e. The average Bonchev–Trinajstić information content (AvgIpc) is 2.25. The predicted molar refractivity (Wildman–Crippen MR) is 57.4 cm³/mol. The molecule has 2 N–H and O–H groups in total. The summed E-state index contributed by atoms with van der Waals surface area (Å²) in [5, 5.41) is 11.9. The van der Waals surface area contributed by atoms with Gasteiger partial charge in [0.15, 0.2) is 0 Å². The molecular formula is C11H16N2O2. The van der Waals surface area contributed by atoms with Gasteiger partial charge in [-0.25, -0.2) is 0 Å². The van der Waals surface area contributed by atoms with Gasteiger partial charge >= 0.3 is 5.97 Å². The standard InChI is InChI=1S/C11H16N2O2/c1-2-10(11(14)15)8-13-7-9-4-3-5-12-6-9/h3-6,10,13H,2,7-8H2,1H3,(H,14,15). The van der Waals surface area contributed by atoms with E-state index in [0.717, 1.165) is 5.56 Å². The zero-order valence-corrected chi connectivity index (χ0v) is 8.81. The molecule has 0 fully saturated rings. The minimum atomic E-state index is -0.740. The van der Waals surface area contributed by atoms with Gasteiger partial charge < -0.3 is 10.4 Å². The Balaban J connectivity index is 2.30. The smallest absolute Gasteiger partial charge is 0.307 e. The molecule has 0 saturated carbocycles. The van der Waals surface area contributed by atoms with Crippen molar-refractivity contribution in [3.8, 4) is 0 Å². The van der Waals surface area contributed by atoms with Crippen LogP contribution in [0.2, 0.25) is 0 Å². The normalized spacial score (nSPS) is 12.3. The third-order valence-electron chi connectivity index (χ3n) is 2.28. The highest BCUT2D eigenvalue weighted by Crippen LogP contribution is 2.01. The van der Waals surface area contributed by atoms with Crippen molar-refractivity contribution in [2.45, 2.75) is 19.9 Å². The summed E-state index contributed by atoms with van der Waals surface area (Å²) in [4.78, 5) is 14.7. The van der Waals surface area contributed by atoms with Crippen molar-refractivity contribution in [3.05, 3.63) is 30.1 Å². The molecular weight excluding hydrogens is 192 g/mol. The number of carbonyl (C=O) groups is 1. The van der Waals surface area contributed by atoms with Crippen molar-refractivity contribution in [2.24, 2.45) is 5.92 Å². The number of rotatable bonds is 6. The Morgan fingerprint density at radius 3 is 3.00 bits per heavy atom. The molecule has 4 heteroatoms. The molecule has 0 saturated heterocycles. The molecule has 1 rings (SSSR count). The second-order valence-corrected chi connectivity index (χ2v) is 3.44. The van der Waals surface area contributed by atoms with E-state index < -0.39 is 5.97 Å². The fraction of sp³-hybridized carbons (Fsp3) is 0.455. The number of hydrogen-bond donors (Lipinski definition) is 2. The van der Waals surface area contributed by atoms with Gasteiger partial charge in [-0.15, -0.1) is 0 Å². The number of aromatic nitrogens is 1. The molecule has 0 bridgehead atoms. The van der Waals surface area contributed by atoms with Gasteiger partial charge in [-0.1, -0.05) is 13.0 Å². The van der Waals surface area contributed by atoms with Gasteiger partial charge in [0.05, 0.1) is 5.92 Å². The summed E-state index contributed by atoms with van der Waals surface area (Å²) in [5.41, 5.74) is 1.07. The Bertz CT molecular complexity index is 301. The molecule has 15 heavy (non-hydrogen) atoms. The maximum atomic E-state index is 10.7. The number of aliphatic carboxylic acids is 1. The predicted octanol–water partition coefficient (Wildman–Crippen LogP) is 1.28. The summed E-state index contributed by atoms with van der Waals surface area (Å²) in [5.74, 6) is -1.04. The van der Waals surface area contributed by atoms with Crippen LogP contribution in [0, 0.1) is 5.92 Å². The van der Waals surface area contributed by atoms with E-state index in [1.54, 1.807) is 12.4 Å². The molecule has 1 aromatic rings. The lowest BCUT2D eigenvalue weighted by Crippen LogP contribution is -2.27. The zero-order valence-electron chi connectivity index (χ0n) is 8.81. The summed E-state index contributed by atoms with van der Waals surface area (Å²) in [6.45, 7) is 3.04. The summed E-state index contributed by atoms with van der Waals surface area (Å²) in [6.07, 6.45) is 4.14. The first kappa shape index (κ1) is 11.7. The van der Waals surface area contributed by atoms with Crippen LogP contribution in [0.1, 0.15) is 18.9 Å². The summed E-state index contributed by atoms with van der Waals surface area (Å²) >= 11 is 0. The lowest BCUT2D eigenvalue weighted by Gasteiger charge is -2.10. The van der Waals surface area contributed by atoms with Crippen LogP contribution in [0.15, 0.2) is 24.5 Å². The molecule has 0 spiro atoms. The SMILES string of the molecule is CCC(CNCc1cccnc1)C(=O)O. The number of hydrogen-bond acceptors (Lipinski definition) is 3. The Labute approximate surface area is 89.3 Å². The van der Waals surface area contributed by atoms with Crippen molar-refractivity contribution >= 4 is 5.97 Å². The quantitative estimate of drug-likeness (QED) is 0.739. The molecule has 82 valence electrons. The van der Waals surface area contributed by atoms with Crippen molar-refractivity contribution in [3.63, 3.8) is 0 Å². The Morgan fingerprint density at radius 2 is 2.47 bits per heavy atom. The van der Waals surface area contributed by atoms with Crippen molar-refractivity contribution < 1.29 is 9.90 Å². The fourth-order valence-electron chi connectivity index (χ4n) is 1.30. The van der Waals surface area contributed by atoms with E-state index in [0.29, 0.717) is 19.5 Å². The Kier molecular flexibility index (Phi) is 4.77. The van der Waals surface area contributed by atoms with Gasteiger partial charge in [0.1, 0.15) is 0 Å². The molecule has 1 aromatic heterocycles. The van der Waals surface area contributed by atoms with Crippen LogP contribution in [-0.4, -0.2) is 22.6 Å². The van der Waals surface area contributed by atoms with Gasteiger partial charge in [0.2, 0.25) is 0 Å². The largest absolute Gasteiger partial charge is 0.481 e. The minimum absolute atomic E-state index is 0.304. The highest BCUT2D eigenvalue weighted by molar-refractivity contribution is 5.70. The monoisotopic (exact) mass is 208 g/mol. The second-order valence-electron chi connectivity index (χ2n) is 3.44. The number of nitrogens with zero attached hydrogens (tertiary/aromatic N) is 1. The number of nitrogens with one attached hydrogen (secondary N) is 1. The maximum absolute atomic E-state index is 10.7. The van der Waals surface area contributed by atoms with E-state index in [-0.39, 0.29) is 5.92 Å². The van der Waals surface area contributed by atoms with Gasteiger partial charge in [-0.2, -0.15) is 0 Å². The molecule has 4 nitrogen and oxygen atoms in total. The number of pyridine rings is 1. The van der Waals surface area contributed by atoms with Gasteiger partial charge in [-0.3, -0.25) is 9.78 Å². The van der Waals surface area contributed by atoms with Gasteiger partial charge in [-0.05, 0) is 18.1 Å². The lowest BCUT2D eigenvalue weighted by molar-refractivity contribution is -0.141. The molecule has 1 atom stereocenters. The van der Waals surface area contributed by atoms with Gasteiger partial charge in [0.25, 0.3) is 0 Å². The molecule has 0 amide bonds. The molecule has 0 aliphatic carbocycles. The third-order valence-corrected chi connectivity index (χ3v) is 2.28. The van der Waals surface area contributed by atoms with Gasteiger partial charge in [0, 0.05) is 25.5 Å². The van der Waals surface area contributed by atoms with Crippen molar-refractivity contribution in [1.82, 2.24) is 10.3 Å². The molecule has 1 heterocycles. The molecule has 0 aliphatic rings. The molecule has 0 aromatic carbocycles. The Morgan fingerprint density at radius 1 is 1.67 bits per heavy atom. The Hall–Kier alpha value is -1.42. The van der Waals surface area contributed by atoms with Crippen LogP contribution < -0.4 is 5.32 Å². The highest BCUT2D eigenvalue weighted by atomic mass is 16.4. The molecule has 0 aliphatic heterocycles. The van der Waals surface area contributed by atoms with Crippen LogP contribution in [0.3, 0.4) is 0 Å². The zero-order chi connectivity index (χ0) is 11.1. The lowest BCUT2D eigenvalue weighted by atomic mass is 10.1. The number of carboxylic acid groups (broad SMARTS) is 1. The van der Waals surface area contributed by atoms with E-state index in [2.05, 4.69) is 10.3 Å². The fourth-order valence-corrected chi connectivity index (χ4v) is 1.30. The first-order chi connectivity index (χ1) is 7.24. The van der Waals surface area contributed by atoms with Crippen LogP contribution >= 0.6 is 0 Å². The van der Waals surface area contributed by atoms with E-state index in [1.807, 2.05) is 19.1 Å². The average molecular weight is 208 g/mol. The molecule has 1 unspecified atom stereocenters. The highest BCUT2D eigenvalue weighted by Gasteiger charge is 2.13. The summed E-state index contributed by atoms with van der Waals surface area (Å²) in [6, 6.07) is 3.83. The first-order valence-electron chi connectivity index (χ1n) is 5.06. The summed E-state index contributed by atoms with van der Waals surface area (Å²) in [7, 11) is 0. The molecule has 0 radical (unpaired) electrons. The van der Waals surface area contributed by atoms with Crippen LogP contribution in [0.4, 0.5) is 0 Å². The first-order valence-corrected chi connectivity index (χ1v) is 5.06. The van der Waals surface area contributed by atoms with Crippen molar-refractivity contribution in [1.29, 1.82) is 0 Å². The number of carboxylic acids is 1. The van der Waals surface area contributed by atoms with E-state index in [9.17, 15) is 4.79 Å². The second kappa shape index (κ2) is 6.14. The van der Waals surface area contributed by atoms with Crippen molar-refractivity contribution in [2.75, 3.05) is 6.54 Å². The third kappa shape index (κ3) is 4.08. The minimum Gasteiger partial charge on any atom is -0.481 e. The van der Waals surface area contributed by atoms with Crippen LogP contribution in [0.5, 0.6) is 0 Å². The van der Waals surface area contributed by atoms with E-state index in [1.165, 1.54) is 0 Å². The van der Waals surface area contributed by atoms with Crippen LogP contribution in [-0.2, 0) is 11.3 Å². The van der Waals surface area contributed by atoms with E-state index in [4.69, 9.17) is 5.11 Å². The van der Waals surface area contributed by atoms with E-state index >= 15 is 0 Å². The van der Waals surface area contributed by atoms with Crippen LogP contribution in [0.25, 0.3) is 0 Å². The summed E-state index contributed by atoms with van der Waals surface area (Å²) < 4.78 is 0. The topological polar surface area (TPSA) is 62.2 Å².